The molecule has 1 heterocycles. The molecule has 0 aromatic carbocycles. The van der Waals surface area contributed by atoms with Gasteiger partial charge in [0.05, 0.1) is 5.60 Å². The van der Waals surface area contributed by atoms with E-state index in [2.05, 4.69) is 4.90 Å². The predicted molar refractivity (Wildman–Crippen MR) is 68.6 cm³/mol. The number of hydrogen-bond donors (Lipinski definition) is 2. The number of carboxylic acid groups (broad SMARTS) is 1. The van der Waals surface area contributed by atoms with E-state index in [1.807, 2.05) is 7.05 Å². The second kappa shape index (κ2) is 7.71. The van der Waals surface area contributed by atoms with E-state index in [0.717, 1.165) is 25.8 Å². The fourth-order valence-corrected chi connectivity index (χ4v) is 2.33. The molecule has 2 N–H and O–H groups in total. The fraction of sp³-hybridized carbons (Fsp3) is 0.923. The first-order valence-electron chi connectivity index (χ1n) is 6.72. The molecule has 106 valence electrons. The maximum absolute atomic E-state index is 10.3. The Morgan fingerprint density at radius 2 is 1.94 bits per heavy atom. The number of nitrogens with zero attached hydrogens (tertiary/aromatic N) is 1. The maximum Gasteiger partial charge on any atom is 0.303 e. The van der Waals surface area contributed by atoms with Crippen LogP contribution in [0.5, 0.6) is 0 Å². The SMILES string of the molecule is CN(CCCCCC(=O)O)CC1(O)CCOCC1. The van der Waals surface area contributed by atoms with Crippen LogP contribution in [0.4, 0.5) is 0 Å². The van der Waals surface area contributed by atoms with Crippen LogP contribution in [0.1, 0.15) is 38.5 Å². The van der Waals surface area contributed by atoms with E-state index in [-0.39, 0.29) is 6.42 Å². The van der Waals surface area contributed by atoms with E-state index in [4.69, 9.17) is 9.84 Å². The van der Waals surface area contributed by atoms with Gasteiger partial charge < -0.3 is 19.8 Å². The van der Waals surface area contributed by atoms with Gasteiger partial charge in [0.15, 0.2) is 0 Å². The first kappa shape index (κ1) is 15.4. The normalized spacial score (nSPS) is 19.1. The van der Waals surface area contributed by atoms with Crippen LogP contribution in [-0.2, 0) is 9.53 Å². The molecule has 0 amide bonds. The van der Waals surface area contributed by atoms with Crippen molar-refractivity contribution in [2.24, 2.45) is 0 Å². The summed E-state index contributed by atoms with van der Waals surface area (Å²) < 4.78 is 5.25. The molecule has 0 bridgehead atoms. The maximum atomic E-state index is 10.3. The highest BCUT2D eigenvalue weighted by Gasteiger charge is 2.30. The van der Waals surface area contributed by atoms with E-state index in [0.29, 0.717) is 32.6 Å². The van der Waals surface area contributed by atoms with Gasteiger partial charge in [-0.3, -0.25) is 4.79 Å². The molecule has 1 saturated heterocycles. The smallest absolute Gasteiger partial charge is 0.303 e. The summed E-state index contributed by atoms with van der Waals surface area (Å²) in [6, 6.07) is 0. The minimum Gasteiger partial charge on any atom is -0.481 e. The Kier molecular flexibility index (Phi) is 6.60. The molecule has 0 aromatic rings. The lowest BCUT2D eigenvalue weighted by Gasteiger charge is -2.35. The highest BCUT2D eigenvalue weighted by molar-refractivity contribution is 5.66. The second-order valence-electron chi connectivity index (χ2n) is 5.28. The van der Waals surface area contributed by atoms with Crippen molar-refractivity contribution in [1.82, 2.24) is 4.90 Å². The van der Waals surface area contributed by atoms with Gasteiger partial charge in [-0.25, -0.2) is 0 Å². The average molecular weight is 259 g/mol. The predicted octanol–water partition coefficient (Wildman–Crippen LogP) is 1.10. The number of unbranched alkanes of at least 4 members (excludes halogenated alkanes) is 2. The molecule has 18 heavy (non-hydrogen) atoms. The van der Waals surface area contributed by atoms with Crippen molar-refractivity contribution in [3.05, 3.63) is 0 Å². The zero-order valence-electron chi connectivity index (χ0n) is 11.2. The van der Waals surface area contributed by atoms with Gasteiger partial charge in [0, 0.05) is 39.0 Å². The molecule has 0 aliphatic carbocycles. The van der Waals surface area contributed by atoms with E-state index >= 15 is 0 Å². The van der Waals surface area contributed by atoms with Crippen LogP contribution in [0.25, 0.3) is 0 Å². The van der Waals surface area contributed by atoms with Gasteiger partial charge in [-0.15, -0.1) is 0 Å². The van der Waals surface area contributed by atoms with E-state index in [9.17, 15) is 9.90 Å². The molecular formula is C13H25NO4. The third-order valence-corrected chi connectivity index (χ3v) is 3.42. The first-order chi connectivity index (χ1) is 8.52. The number of hydrogen-bond acceptors (Lipinski definition) is 4. The number of ether oxygens (including phenoxy) is 1. The second-order valence-corrected chi connectivity index (χ2v) is 5.28. The highest BCUT2D eigenvalue weighted by Crippen LogP contribution is 2.21. The van der Waals surface area contributed by atoms with Gasteiger partial charge in [-0.05, 0) is 26.4 Å². The van der Waals surface area contributed by atoms with Gasteiger partial charge in [-0.1, -0.05) is 6.42 Å². The lowest BCUT2D eigenvalue weighted by Crippen LogP contribution is -2.45. The minimum atomic E-state index is -0.722. The van der Waals surface area contributed by atoms with Crippen molar-refractivity contribution >= 4 is 5.97 Å². The zero-order valence-corrected chi connectivity index (χ0v) is 11.2. The van der Waals surface area contributed by atoms with Gasteiger partial charge >= 0.3 is 5.97 Å². The minimum absolute atomic E-state index is 0.255. The average Bonchev–Trinajstić information content (AvgIpc) is 2.28. The summed E-state index contributed by atoms with van der Waals surface area (Å²) in [7, 11) is 2.00. The molecule has 1 rings (SSSR count). The molecule has 5 heteroatoms. The Labute approximate surface area is 109 Å². The van der Waals surface area contributed by atoms with Crippen molar-refractivity contribution in [2.45, 2.75) is 44.1 Å². The van der Waals surface area contributed by atoms with E-state index in [1.165, 1.54) is 0 Å². The third-order valence-electron chi connectivity index (χ3n) is 3.42. The quantitative estimate of drug-likeness (QED) is 0.639. The summed E-state index contributed by atoms with van der Waals surface area (Å²) in [5, 5.41) is 18.8. The van der Waals surface area contributed by atoms with Crippen LogP contribution < -0.4 is 0 Å². The molecule has 0 radical (unpaired) electrons. The molecule has 0 atom stereocenters. The number of carbonyl (C=O) groups is 1. The Morgan fingerprint density at radius 1 is 1.28 bits per heavy atom. The first-order valence-corrected chi connectivity index (χ1v) is 6.72. The molecule has 0 saturated carbocycles. The zero-order chi connectivity index (χ0) is 13.4. The van der Waals surface area contributed by atoms with Crippen LogP contribution in [0.3, 0.4) is 0 Å². The molecular weight excluding hydrogens is 234 g/mol. The molecule has 1 aliphatic heterocycles. The van der Waals surface area contributed by atoms with Crippen LogP contribution in [0, 0.1) is 0 Å². The van der Waals surface area contributed by atoms with Gasteiger partial charge in [0.1, 0.15) is 0 Å². The van der Waals surface area contributed by atoms with Crippen molar-refractivity contribution in [3.8, 4) is 0 Å². The van der Waals surface area contributed by atoms with Crippen molar-refractivity contribution in [3.63, 3.8) is 0 Å². The monoisotopic (exact) mass is 259 g/mol. The van der Waals surface area contributed by atoms with E-state index in [1.54, 1.807) is 0 Å². The molecule has 1 fully saturated rings. The number of likely N-dealkylation sites (N-methyl/N-ethyl adjacent to an activating group) is 1. The summed E-state index contributed by atoms with van der Waals surface area (Å²) in [6.07, 6.45) is 4.31. The Morgan fingerprint density at radius 3 is 2.56 bits per heavy atom. The number of aliphatic hydroxyl groups is 1. The Hall–Kier alpha value is -0.650. The molecule has 1 aliphatic rings. The van der Waals surface area contributed by atoms with Crippen molar-refractivity contribution < 1.29 is 19.7 Å². The van der Waals surface area contributed by atoms with Gasteiger partial charge in [-0.2, -0.15) is 0 Å². The standard InChI is InChI=1S/C13H25NO4/c1-14(8-4-2-3-5-12(15)16)11-13(17)6-9-18-10-7-13/h17H,2-11H2,1H3,(H,15,16). The summed E-state index contributed by atoms with van der Waals surface area (Å²) in [4.78, 5) is 12.5. The Balaban J connectivity index is 2.09. The lowest BCUT2D eigenvalue weighted by atomic mass is 9.94. The van der Waals surface area contributed by atoms with Crippen LogP contribution in [0.15, 0.2) is 0 Å². The third kappa shape index (κ3) is 6.33. The Bertz CT molecular complexity index is 251. The van der Waals surface area contributed by atoms with Crippen LogP contribution >= 0.6 is 0 Å². The van der Waals surface area contributed by atoms with Crippen molar-refractivity contribution in [1.29, 1.82) is 0 Å². The van der Waals surface area contributed by atoms with Gasteiger partial charge in [0.25, 0.3) is 0 Å². The lowest BCUT2D eigenvalue weighted by molar-refractivity contribution is -0.137. The molecule has 0 unspecified atom stereocenters. The molecule has 5 nitrogen and oxygen atoms in total. The molecule has 0 aromatic heterocycles. The van der Waals surface area contributed by atoms with Crippen molar-refractivity contribution in [2.75, 3.05) is 33.4 Å². The summed E-state index contributed by atoms with van der Waals surface area (Å²) in [5.41, 5.74) is -0.603. The summed E-state index contributed by atoms with van der Waals surface area (Å²) >= 11 is 0. The summed E-state index contributed by atoms with van der Waals surface area (Å²) in [6.45, 7) is 2.87. The topological polar surface area (TPSA) is 70.0 Å². The number of rotatable bonds is 8. The number of carboxylic acids is 1. The van der Waals surface area contributed by atoms with Crippen LogP contribution in [-0.4, -0.2) is 60.0 Å². The van der Waals surface area contributed by atoms with Crippen LogP contribution in [0.2, 0.25) is 0 Å². The molecule has 0 spiro atoms. The highest BCUT2D eigenvalue weighted by atomic mass is 16.5. The largest absolute Gasteiger partial charge is 0.481 e. The van der Waals surface area contributed by atoms with E-state index < -0.39 is 11.6 Å². The fourth-order valence-electron chi connectivity index (χ4n) is 2.33. The summed E-state index contributed by atoms with van der Waals surface area (Å²) in [5.74, 6) is -0.722. The van der Waals surface area contributed by atoms with Gasteiger partial charge in [0.2, 0.25) is 0 Å². The number of aliphatic carboxylic acids is 1.